The fourth-order valence-corrected chi connectivity index (χ4v) is 7.43. The lowest BCUT2D eigenvalue weighted by Crippen LogP contribution is -2.33. The highest BCUT2D eigenvalue weighted by Crippen LogP contribution is 2.54. The van der Waals surface area contributed by atoms with Crippen LogP contribution in [0.3, 0.4) is 0 Å². The monoisotopic (exact) mass is 630 g/mol. The lowest BCUT2D eigenvalue weighted by Gasteiger charge is -2.35. The molecule has 0 amide bonds. The number of esters is 1. The maximum atomic E-state index is 13.5. The zero-order valence-electron chi connectivity index (χ0n) is 21.0. The summed E-state index contributed by atoms with van der Waals surface area (Å²) in [7, 11) is 0. The van der Waals surface area contributed by atoms with Crippen molar-refractivity contribution in [2.24, 2.45) is 0 Å². The number of carboxylic acid groups (broad SMARTS) is 1. The number of aromatic hydroxyl groups is 2. The van der Waals surface area contributed by atoms with E-state index in [1.165, 1.54) is 6.07 Å². The molecule has 0 spiro atoms. The number of cyclic esters (lactones) is 1. The minimum absolute atomic E-state index is 0.0337. The molecule has 0 fully saturated rings. The summed E-state index contributed by atoms with van der Waals surface area (Å²) in [6.45, 7) is 7.81. The molecule has 0 bridgehead atoms. The summed E-state index contributed by atoms with van der Waals surface area (Å²) in [5.74, 6) is -1.95. The first-order chi connectivity index (χ1) is 17.6. The average Bonchev–Trinajstić information content (AvgIpc) is 3.17. The summed E-state index contributed by atoms with van der Waals surface area (Å²) in [6.07, 6.45) is 2.23. The molecule has 0 unspecified atom stereocenters. The lowest BCUT2D eigenvalue weighted by atomic mass is 9.74. The molecule has 6 nitrogen and oxygen atoms in total. The molecule has 1 heterocycles. The first-order valence-electron chi connectivity index (χ1n) is 12.3. The van der Waals surface area contributed by atoms with Crippen LogP contribution in [0.2, 0.25) is 0 Å². The minimum atomic E-state index is -1.60. The SMILES string of the molecule is CCc1c(O)cc(C2(c3cc(O)c(CC)c(Br)c3CC)OC(=O)c3c(C(=O)O)cccc32)c(CC)c1Br. The largest absolute Gasteiger partial charge is 0.508 e. The molecule has 0 aliphatic carbocycles. The van der Waals surface area contributed by atoms with E-state index in [0.29, 0.717) is 51.3 Å². The molecule has 8 heteroatoms. The number of aromatic carboxylic acids is 1. The fraction of sp³-hybridized carbons (Fsp3) is 0.310. The number of ether oxygens (including phenoxy) is 1. The third-order valence-corrected chi connectivity index (χ3v) is 9.10. The quantitative estimate of drug-likeness (QED) is 0.242. The molecule has 0 saturated heterocycles. The molecule has 0 aromatic heterocycles. The normalized spacial score (nSPS) is 13.9. The number of halogens is 2. The van der Waals surface area contributed by atoms with Crippen molar-refractivity contribution in [1.29, 1.82) is 0 Å². The molecule has 3 aromatic carbocycles. The highest BCUT2D eigenvalue weighted by molar-refractivity contribution is 9.11. The molecule has 3 N–H and O–H groups in total. The Morgan fingerprint density at radius 2 is 1.27 bits per heavy atom. The van der Waals surface area contributed by atoms with Crippen LogP contribution in [-0.4, -0.2) is 27.3 Å². The number of carbonyl (C=O) groups is 2. The van der Waals surface area contributed by atoms with Gasteiger partial charge in [0.2, 0.25) is 0 Å². The summed E-state index contributed by atoms with van der Waals surface area (Å²) < 4.78 is 7.68. The van der Waals surface area contributed by atoms with Crippen molar-refractivity contribution in [3.8, 4) is 11.5 Å². The van der Waals surface area contributed by atoms with Crippen molar-refractivity contribution in [1.82, 2.24) is 0 Å². The van der Waals surface area contributed by atoms with Gasteiger partial charge in [-0.25, -0.2) is 9.59 Å². The number of phenols is 2. The second kappa shape index (κ2) is 10.1. The van der Waals surface area contributed by atoms with Gasteiger partial charge in [0.1, 0.15) is 11.5 Å². The summed E-state index contributed by atoms with van der Waals surface area (Å²) in [4.78, 5) is 25.6. The van der Waals surface area contributed by atoms with Crippen LogP contribution in [-0.2, 0) is 36.0 Å². The van der Waals surface area contributed by atoms with Crippen LogP contribution < -0.4 is 0 Å². The molecule has 0 radical (unpaired) electrons. The van der Waals surface area contributed by atoms with Crippen LogP contribution >= 0.6 is 31.9 Å². The summed E-state index contributed by atoms with van der Waals surface area (Å²) in [5.41, 5.74) is 2.64. The summed E-state index contributed by atoms with van der Waals surface area (Å²) in [5, 5.41) is 32.0. The van der Waals surface area contributed by atoms with Gasteiger partial charge in [-0.15, -0.1) is 0 Å². The topological polar surface area (TPSA) is 104 Å². The number of carboxylic acids is 1. The fourth-order valence-electron chi connectivity index (χ4n) is 5.47. The Morgan fingerprint density at radius 1 is 0.811 bits per heavy atom. The Hall–Kier alpha value is -2.84. The first kappa shape index (κ1) is 27.2. The molecule has 4 rings (SSSR count). The first-order valence-corrected chi connectivity index (χ1v) is 13.8. The summed E-state index contributed by atoms with van der Waals surface area (Å²) >= 11 is 7.35. The lowest BCUT2D eigenvalue weighted by molar-refractivity contribution is 0.0242. The minimum Gasteiger partial charge on any atom is -0.508 e. The van der Waals surface area contributed by atoms with Gasteiger partial charge in [0.25, 0.3) is 0 Å². The van der Waals surface area contributed by atoms with E-state index in [9.17, 15) is 24.9 Å². The highest BCUT2D eigenvalue weighted by Gasteiger charge is 2.53. The number of phenolic OH excluding ortho intramolecular Hbond substituents is 2. The second-order valence-electron chi connectivity index (χ2n) is 8.95. The number of hydrogen-bond acceptors (Lipinski definition) is 5. The van der Waals surface area contributed by atoms with Crippen molar-refractivity contribution < 1.29 is 29.6 Å². The van der Waals surface area contributed by atoms with E-state index in [-0.39, 0.29) is 22.6 Å². The second-order valence-corrected chi connectivity index (χ2v) is 10.5. The Balaban J connectivity index is 2.28. The van der Waals surface area contributed by atoms with Crippen molar-refractivity contribution >= 4 is 43.8 Å². The number of fused-ring (bicyclic) bond motifs is 1. The predicted octanol–water partition coefficient (Wildman–Crippen LogP) is 7.03. The average molecular weight is 632 g/mol. The zero-order chi connectivity index (χ0) is 27.2. The number of hydrogen-bond donors (Lipinski definition) is 3. The number of benzene rings is 3. The van der Waals surface area contributed by atoms with Crippen LogP contribution in [0.25, 0.3) is 0 Å². The van der Waals surface area contributed by atoms with E-state index in [4.69, 9.17) is 4.74 Å². The predicted molar refractivity (Wildman–Crippen MR) is 148 cm³/mol. The van der Waals surface area contributed by atoms with Crippen molar-refractivity contribution in [2.75, 3.05) is 0 Å². The van der Waals surface area contributed by atoms with Crippen LogP contribution in [0.15, 0.2) is 39.3 Å². The Morgan fingerprint density at radius 3 is 1.68 bits per heavy atom. The van der Waals surface area contributed by atoms with E-state index in [1.807, 2.05) is 27.7 Å². The molecule has 1 aliphatic rings. The van der Waals surface area contributed by atoms with Crippen LogP contribution in [0, 0.1) is 0 Å². The van der Waals surface area contributed by atoms with E-state index < -0.39 is 17.5 Å². The van der Waals surface area contributed by atoms with Gasteiger partial charge >= 0.3 is 11.9 Å². The van der Waals surface area contributed by atoms with Crippen molar-refractivity contribution in [2.45, 2.75) is 59.0 Å². The van der Waals surface area contributed by atoms with Crippen LogP contribution in [0.1, 0.15) is 87.4 Å². The molecule has 37 heavy (non-hydrogen) atoms. The molecular weight excluding hydrogens is 604 g/mol. The Labute approximate surface area is 232 Å². The van der Waals surface area contributed by atoms with Crippen LogP contribution in [0.5, 0.6) is 11.5 Å². The molecule has 0 atom stereocenters. The summed E-state index contributed by atoms with van der Waals surface area (Å²) in [6, 6.07) is 7.86. The standard InChI is InChI=1S/C29H28Br2O6/c1-5-14-20(12-22(32)16(7-3)25(14)30)29(21-13-23(33)17(8-4)26(31)15(21)6-2)19-11-9-10-18(27(34)35)24(19)28(36)37-29/h9-13,32-33H,5-8H2,1-4H3,(H,34,35). The highest BCUT2D eigenvalue weighted by atomic mass is 79.9. The molecule has 3 aromatic rings. The molecule has 1 aliphatic heterocycles. The van der Waals surface area contributed by atoms with Gasteiger partial charge in [-0.2, -0.15) is 0 Å². The molecular formula is C29H28Br2O6. The van der Waals surface area contributed by atoms with E-state index in [2.05, 4.69) is 31.9 Å². The van der Waals surface area contributed by atoms with Gasteiger partial charge in [0, 0.05) is 36.8 Å². The van der Waals surface area contributed by atoms with Gasteiger partial charge in [0.15, 0.2) is 5.60 Å². The van der Waals surface area contributed by atoms with Crippen molar-refractivity contribution in [3.05, 3.63) is 89.3 Å². The smallest absolute Gasteiger partial charge is 0.341 e. The number of carbonyl (C=O) groups excluding carboxylic acids is 1. The Bertz CT molecular complexity index is 1380. The Kier molecular flexibility index (Phi) is 7.45. The maximum Gasteiger partial charge on any atom is 0.341 e. The maximum absolute atomic E-state index is 13.5. The number of rotatable bonds is 7. The van der Waals surface area contributed by atoms with Gasteiger partial charge in [-0.05, 0) is 55.0 Å². The van der Waals surface area contributed by atoms with E-state index >= 15 is 0 Å². The van der Waals surface area contributed by atoms with E-state index in [0.717, 1.165) is 22.3 Å². The molecule has 0 saturated carbocycles. The van der Waals surface area contributed by atoms with Crippen molar-refractivity contribution in [3.63, 3.8) is 0 Å². The molecule has 194 valence electrons. The zero-order valence-corrected chi connectivity index (χ0v) is 24.2. The third-order valence-electron chi connectivity index (χ3n) is 7.19. The third kappa shape index (κ3) is 3.96. The van der Waals surface area contributed by atoms with Gasteiger partial charge in [-0.3, -0.25) is 0 Å². The van der Waals surface area contributed by atoms with E-state index in [1.54, 1.807) is 24.3 Å². The van der Waals surface area contributed by atoms with Gasteiger partial charge in [-0.1, -0.05) is 71.7 Å². The van der Waals surface area contributed by atoms with Gasteiger partial charge < -0.3 is 20.1 Å². The van der Waals surface area contributed by atoms with Gasteiger partial charge in [0.05, 0.1) is 11.1 Å². The van der Waals surface area contributed by atoms with Crippen LogP contribution in [0.4, 0.5) is 0 Å².